The average Bonchev–Trinajstić information content (AvgIpc) is 2.34. The molecule has 2 atom stereocenters. The molecule has 1 aromatic rings. The first-order valence-electron chi connectivity index (χ1n) is 6.58. The van der Waals surface area contributed by atoms with Gasteiger partial charge >= 0.3 is 0 Å². The predicted octanol–water partition coefficient (Wildman–Crippen LogP) is 3.57. The minimum atomic E-state index is -0.189. The summed E-state index contributed by atoms with van der Waals surface area (Å²) in [4.78, 5) is 0. The van der Waals surface area contributed by atoms with E-state index in [0.717, 1.165) is 6.54 Å². The Balaban J connectivity index is 3.11. The zero-order chi connectivity index (χ0) is 13.7. The number of nitrogens with one attached hydrogen (secondary N) is 1. The van der Waals surface area contributed by atoms with E-state index in [-0.39, 0.29) is 17.8 Å². The minimum Gasteiger partial charge on any atom is -0.496 e. The van der Waals surface area contributed by atoms with E-state index in [1.165, 1.54) is 6.07 Å². The van der Waals surface area contributed by atoms with Crippen LogP contribution in [-0.2, 0) is 0 Å². The number of benzene rings is 1. The van der Waals surface area contributed by atoms with Crippen LogP contribution in [0.4, 0.5) is 4.39 Å². The molecule has 3 heteroatoms. The van der Waals surface area contributed by atoms with Gasteiger partial charge in [0, 0.05) is 17.5 Å². The van der Waals surface area contributed by atoms with E-state index in [2.05, 4.69) is 26.1 Å². The van der Waals surface area contributed by atoms with E-state index in [1.807, 2.05) is 13.0 Å². The largest absolute Gasteiger partial charge is 0.496 e. The van der Waals surface area contributed by atoms with Gasteiger partial charge in [0.25, 0.3) is 0 Å². The standard InChI is InChI=1S/C15H24FNO/c1-6-17-15(10(2)3)11(4)14-12(16)8-7-9-13(14)18-5/h7-11,15,17H,6H2,1-5H3. The summed E-state index contributed by atoms with van der Waals surface area (Å²) in [5.41, 5.74) is 0.666. The number of methoxy groups -OCH3 is 1. The Morgan fingerprint density at radius 1 is 1.28 bits per heavy atom. The summed E-state index contributed by atoms with van der Waals surface area (Å²) in [5, 5.41) is 3.44. The van der Waals surface area contributed by atoms with Crippen LogP contribution in [0.15, 0.2) is 18.2 Å². The number of hydrogen-bond donors (Lipinski definition) is 1. The van der Waals surface area contributed by atoms with Crippen molar-refractivity contribution in [2.75, 3.05) is 13.7 Å². The van der Waals surface area contributed by atoms with Crippen LogP contribution in [0, 0.1) is 11.7 Å². The summed E-state index contributed by atoms with van der Waals surface area (Å²) in [5.74, 6) is 0.946. The van der Waals surface area contributed by atoms with Gasteiger partial charge in [-0.2, -0.15) is 0 Å². The fourth-order valence-electron chi connectivity index (χ4n) is 2.54. The monoisotopic (exact) mass is 253 g/mol. The van der Waals surface area contributed by atoms with Gasteiger partial charge in [-0.3, -0.25) is 0 Å². The predicted molar refractivity (Wildman–Crippen MR) is 73.7 cm³/mol. The van der Waals surface area contributed by atoms with Gasteiger partial charge < -0.3 is 10.1 Å². The molecule has 2 unspecified atom stereocenters. The van der Waals surface area contributed by atoms with Crippen molar-refractivity contribution in [2.24, 2.45) is 5.92 Å². The van der Waals surface area contributed by atoms with E-state index in [0.29, 0.717) is 17.2 Å². The van der Waals surface area contributed by atoms with Crippen molar-refractivity contribution in [3.63, 3.8) is 0 Å². The third kappa shape index (κ3) is 3.22. The molecule has 0 aromatic heterocycles. The van der Waals surface area contributed by atoms with Crippen molar-refractivity contribution >= 4 is 0 Å². The maximum atomic E-state index is 14.0. The highest BCUT2D eigenvalue weighted by atomic mass is 19.1. The first kappa shape index (κ1) is 15.0. The van der Waals surface area contributed by atoms with Crippen LogP contribution in [0.3, 0.4) is 0 Å². The van der Waals surface area contributed by atoms with Gasteiger partial charge in [-0.05, 0) is 24.6 Å². The molecule has 1 rings (SSSR count). The second kappa shape index (κ2) is 6.74. The highest BCUT2D eigenvalue weighted by Crippen LogP contribution is 2.33. The molecule has 0 radical (unpaired) electrons. The molecule has 1 aromatic carbocycles. The second-order valence-electron chi connectivity index (χ2n) is 4.97. The van der Waals surface area contributed by atoms with E-state index in [4.69, 9.17) is 4.74 Å². The normalized spacial score (nSPS) is 14.6. The smallest absolute Gasteiger partial charge is 0.130 e. The topological polar surface area (TPSA) is 21.3 Å². The summed E-state index contributed by atoms with van der Waals surface area (Å²) < 4.78 is 19.3. The molecular formula is C15H24FNO. The average molecular weight is 253 g/mol. The molecule has 1 N–H and O–H groups in total. The molecule has 0 spiro atoms. The molecule has 2 nitrogen and oxygen atoms in total. The lowest BCUT2D eigenvalue weighted by Gasteiger charge is -2.29. The van der Waals surface area contributed by atoms with Gasteiger partial charge in [-0.1, -0.05) is 33.8 Å². The molecule has 0 aliphatic rings. The number of ether oxygens (including phenoxy) is 1. The van der Waals surface area contributed by atoms with Crippen LogP contribution in [-0.4, -0.2) is 19.7 Å². The van der Waals surface area contributed by atoms with Gasteiger partial charge in [0.2, 0.25) is 0 Å². The Bertz CT molecular complexity index is 379. The molecule has 0 aliphatic carbocycles. The third-order valence-corrected chi connectivity index (χ3v) is 3.38. The van der Waals surface area contributed by atoms with Crippen molar-refractivity contribution in [1.29, 1.82) is 0 Å². The summed E-state index contributed by atoms with van der Waals surface area (Å²) in [6.45, 7) is 9.30. The minimum absolute atomic E-state index is 0.0705. The van der Waals surface area contributed by atoms with E-state index >= 15 is 0 Å². The van der Waals surface area contributed by atoms with Crippen molar-refractivity contribution < 1.29 is 9.13 Å². The zero-order valence-corrected chi connectivity index (χ0v) is 12.0. The van der Waals surface area contributed by atoms with Crippen molar-refractivity contribution in [1.82, 2.24) is 5.32 Å². The Hall–Kier alpha value is -1.09. The lowest BCUT2D eigenvalue weighted by molar-refractivity contribution is 0.339. The van der Waals surface area contributed by atoms with Crippen molar-refractivity contribution in [2.45, 2.75) is 39.7 Å². The molecule has 0 bridgehead atoms. The maximum Gasteiger partial charge on any atom is 0.130 e. The number of likely N-dealkylation sites (N-methyl/N-ethyl adjacent to an activating group) is 1. The molecule has 0 heterocycles. The van der Waals surface area contributed by atoms with Crippen LogP contribution in [0.2, 0.25) is 0 Å². The van der Waals surface area contributed by atoms with Gasteiger partial charge in [-0.25, -0.2) is 4.39 Å². The Morgan fingerprint density at radius 2 is 1.94 bits per heavy atom. The summed E-state index contributed by atoms with van der Waals surface area (Å²) in [6, 6.07) is 5.23. The molecule has 0 fully saturated rings. The molecule has 0 amide bonds. The Morgan fingerprint density at radius 3 is 2.44 bits per heavy atom. The van der Waals surface area contributed by atoms with Crippen molar-refractivity contribution in [3.05, 3.63) is 29.6 Å². The Kier molecular flexibility index (Phi) is 5.60. The van der Waals surface area contributed by atoms with Crippen molar-refractivity contribution in [3.8, 4) is 5.75 Å². The van der Waals surface area contributed by atoms with E-state index in [1.54, 1.807) is 13.2 Å². The second-order valence-corrected chi connectivity index (χ2v) is 4.97. The number of hydrogen-bond acceptors (Lipinski definition) is 2. The Labute approximate surface area is 110 Å². The fraction of sp³-hybridized carbons (Fsp3) is 0.600. The van der Waals surface area contributed by atoms with Crippen LogP contribution < -0.4 is 10.1 Å². The SMILES string of the molecule is CCNC(C(C)C)C(C)c1c(F)cccc1OC. The summed E-state index contributed by atoms with van der Waals surface area (Å²) in [7, 11) is 1.59. The quantitative estimate of drug-likeness (QED) is 0.836. The number of halogens is 1. The lowest BCUT2D eigenvalue weighted by atomic mass is 9.85. The fourth-order valence-corrected chi connectivity index (χ4v) is 2.54. The highest BCUT2D eigenvalue weighted by molar-refractivity contribution is 5.38. The first-order valence-corrected chi connectivity index (χ1v) is 6.58. The summed E-state index contributed by atoms with van der Waals surface area (Å²) in [6.07, 6.45) is 0. The van der Waals surface area contributed by atoms with Gasteiger partial charge in [0.05, 0.1) is 7.11 Å². The third-order valence-electron chi connectivity index (χ3n) is 3.38. The molecule has 0 aliphatic heterocycles. The van der Waals surface area contributed by atoms with E-state index in [9.17, 15) is 4.39 Å². The number of rotatable bonds is 6. The lowest BCUT2D eigenvalue weighted by Crippen LogP contribution is -2.38. The molecule has 0 saturated carbocycles. The molecule has 18 heavy (non-hydrogen) atoms. The highest BCUT2D eigenvalue weighted by Gasteiger charge is 2.26. The molecular weight excluding hydrogens is 229 g/mol. The zero-order valence-electron chi connectivity index (χ0n) is 12.0. The van der Waals surface area contributed by atoms with Gasteiger partial charge in [-0.15, -0.1) is 0 Å². The van der Waals surface area contributed by atoms with Crippen LogP contribution in [0.1, 0.15) is 39.2 Å². The van der Waals surface area contributed by atoms with Gasteiger partial charge in [0.1, 0.15) is 11.6 Å². The van der Waals surface area contributed by atoms with Gasteiger partial charge in [0.15, 0.2) is 0 Å². The summed E-state index contributed by atoms with van der Waals surface area (Å²) >= 11 is 0. The first-order chi connectivity index (χ1) is 8.52. The maximum absolute atomic E-state index is 14.0. The van der Waals surface area contributed by atoms with Crippen LogP contribution in [0.25, 0.3) is 0 Å². The van der Waals surface area contributed by atoms with Crippen LogP contribution in [0.5, 0.6) is 5.75 Å². The van der Waals surface area contributed by atoms with Crippen LogP contribution >= 0.6 is 0 Å². The molecule has 0 saturated heterocycles. The van der Waals surface area contributed by atoms with E-state index < -0.39 is 0 Å². The molecule has 102 valence electrons.